The van der Waals surface area contributed by atoms with E-state index in [4.69, 9.17) is 0 Å². The molecule has 3 amide bonds. The van der Waals surface area contributed by atoms with Crippen molar-refractivity contribution >= 4 is 23.3 Å². The second kappa shape index (κ2) is 8.55. The first-order chi connectivity index (χ1) is 11.3. The van der Waals surface area contributed by atoms with Gasteiger partial charge in [0.15, 0.2) is 0 Å². The fourth-order valence-electron chi connectivity index (χ4n) is 2.70. The van der Waals surface area contributed by atoms with Crippen molar-refractivity contribution in [3.8, 4) is 0 Å². The SMILES string of the molecule is Cc1nc(CN2CCN(C(C)C(=O)NC(=O)NC(C)C)CC2)cs1. The highest BCUT2D eigenvalue weighted by Crippen LogP contribution is 2.13. The zero-order valence-corrected chi connectivity index (χ0v) is 15.7. The minimum absolute atomic E-state index is 0.00556. The molecule has 0 aromatic carbocycles. The van der Waals surface area contributed by atoms with Gasteiger partial charge in [0, 0.05) is 44.1 Å². The first-order valence-electron chi connectivity index (χ1n) is 8.34. The summed E-state index contributed by atoms with van der Waals surface area (Å²) in [5.41, 5.74) is 1.11. The Kier molecular flexibility index (Phi) is 6.70. The summed E-state index contributed by atoms with van der Waals surface area (Å²) in [5, 5.41) is 8.27. The Hall–Kier alpha value is -1.51. The number of nitrogens with zero attached hydrogens (tertiary/aromatic N) is 3. The molecule has 2 rings (SSSR count). The second-order valence-electron chi connectivity index (χ2n) is 6.46. The van der Waals surface area contributed by atoms with Gasteiger partial charge in [-0.1, -0.05) is 0 Å². The van der Waals surface area contributed by atoms with Gasteiger partial charge in [-0.25, -0.2) is 9.78 Å². The van der Waals surface area contributed by atoms with Gasteiger partial charge in [0.25, 0.3) is 0 Å². The molecule has 8 heteroatoms. The van der Waals surface area contributed by atoms with Crippen LogP contribution in [0.2, 0.25) is 0 Å². The van der Waals surface area contributed by atoms with Gasteiger partial charge in [-0.05, 0) is 27.7 Å². The van der Waals surface area contributed by atoms with Crippen LogP contribution in [0.25, 0.3) is 0 Å². The summed E-state index contributed by atoms with van der Waals surface area (Å²) < 4.78 is 0. The van der Waals surface area contributed by atoms with Crippen LogP contribution in [0, 0.1) is 6.92 Å². The highest BCUT2D eigenvalue weighted by atomic mass is 32.1. The zero-order chi connectivity index (χ0) is 17.7. The molecule has 1 unspecified atom stereocenters. The molecule has 1 aliphatic rings. The van der Waals surface area contributed by atoms with Crippen LogP contribution >= 0.6 is 11.3 Å². The minimum Gasteiger partial charge on any atom is -0.336 e. The molecular formula is C16H27N5O2S. The second-order valence-corrected chi connectivity index (χ2v) is 7.53. The van der Waals surface area contributed by atoms with Crippen molar-refractivity contribution in [1.29, 1.82) is 0 Å². The highest BCUT2D eigenvalue weighted by molar-refractivity contribution is 7.09. The molecule has 0 aliphatic carbocycles. The van der Waals surface area contributed by atoms with Gasteiger partial charge >= 0.3 is 6.03 Å². The molecule has 24 heavy (non-hydrogen) atoms. The van der Waals surface area contributed by atoms with Gasteiger partial charge in [-0.15, -0.1) is 11.3 Å². The molecule has 7 nitrogen and oxygen atoms in total. The topological polar surface area (TPSA) is 77.6 Å². The number of rotatable bonds is 5. The van der Waals surface area contributed by atoms with E-state index in [2.05, 4.69) is 30.8 Å². The standard InChI is InChI=1S/C16H27N5O2S/c1-11(2)17-16(23)19-15(22)12(3)21-7-5-20(6-8-21)9-14-10-24-13(4)18-14/h10-12H,5-9H2,1-4H3,(H2,17,19,22,23). The molecule has 1 aromatic rings. The maximum absolute atomic E-state index is 12.2. The number of urea groups is 1. The molecule has 1 saturated heterocycles. The van der Waals surface area contributed by atoms with Crippen molar-refractivity contribution in [2.45, 2.75) is 46.3 Å². The Labute approximate surface area is 147 Å². The van der Waals surface area contributed by atoms with E-state index in [1.54, 1.807) is 11.3 Å². The lowest BCUT2D eigenvalue weighted by atomic mass is 10.2. The highest BCUT2D eigenvalue weighted by Gasteiger charge is 2.26. The molecule has 1 fully saturated rings. The summed E-state index contributed by atoms with van der Waals surface area (Å²) in [6.07, 6.45) is 0. The van der Waals surface area contributed by atoms with Crippen LogP contribution in [0.1, 0.15) is 31.5 Å². The van der Waals surface area contributed by atoms with Crippen LogP contribution < -0.4 is 10.6 Å². The summed E-state index contributed by atoms with van der Waals surface area (Å²) in [7, 11) is 0. The molecule has 1 atom stereocenters. The maximum atomic E-state index is 12.2. The van der Waals surface area contributed by atoms with Crippen molar-refractivity contribution in [2.75, 3.05) is 26.2 Å². The lowest BCUT2D eigenvalue weighted by Gasteiger charge is -2.37. The molecule has 1 aliphatic heterocycles. The third-order valence-electron chi connectivity index (χ3n) is 4.04. The van der Waals surface area contributed by atoms with Crippen LogP contribution in [0.3, 0.4) is 0 Å². The van der Waals surface area contributed by atoms with E-state index in [1.165, 1.54) is 0 Å². The van der Waals surface area contributed by atoms with Crippen LogP contribution in [0.4, 0.5) is 4.79 Å². The molecule has 2 heterocycles. The van der Waals surface area contributed by atoms with Crippen molar-refractivity contribution in [3.63, 3.8) is 0 Å². The number of hydrogen-bond acceptors (Lipinski definition) is 6. The summed E-state index contributed by atoms with van der Waals surface area (Å²) in [5.74, 6) is -0.253. The van der Waals surface area contributed by atoms with Crippen LogP contribution in [0.15, 0.2) is 5.38 Å². The number of hydrogen-bond donors (Lipinski definition) is 2. The Bertz CT molecular complexity index is 567. The molecule has 2 N–H and O–H groups in total. The minimum atomic E-state index is -0.431. The van der Waals surface area contributed by atoms with Crippen LogP contribution in [0.5, 0.6) is 0 Å². The fourth-order valence-corrected chi connectivity index (χ4v) is 3.30. The summed E-state index contributed by atoms with van der Waals surface area (Å²) in [4.78, 5) is 32.8. The predicted molar refractivity (Wildman–Crippen MR) is 95.0 cm³/mol. The van der Waals surface area contributed by atoms with E-state index < -0.39 is 6.03 Å². The molecule has 0 saturated carbocycles. The number of thiazole rings is 1. The van der Waals surface area contributed by atoms with Crippen LogP contribution in [-0.2, 0) is 11.3 Å². The van der Waals surface area contributed by atoms with Gasteiger partial charge in [-0.2, -0.15) is 0 Å². The summed E-state index contributed by atoms with van der Waals surface area (Å²) in [6, 6.07) is -0.739. The maximum Gasteiger partial charge on any atom is 0.321 e. The Morgan fingerprint density at radius 2 is 1.92 bits per heavy atom. The van der Waals surface area contributed by atoms with Crippen molar-refractivity contribution < 1.29 is 9.59 Å². The average molecular weight is 353 g/mol. The van der Waals surface area contributed by atoms with Gasteiger partial charge in [-0.3, -0.25) is 19.9 Å². The molecule has 0 spiro atoms. The van der Waals surface area contributed by atoms with E-state index >= 15 is 0 Å². The number of imide groups is 1. The number of piperazine rings is 1. The predicted octanol–water partition coefficient (Wildman–Crippen LogP) is 1.19. The average Bonchev–Trinajstić information content (AvgIpc) is 2.91. The van der Waals surface area contributed by atoms with Crippen molar-refractivity contribution in [3.05, 3.63) is 16.1 Å². The van der Waals surface area contributed by atoms with E-state index in [0.29, 0.717) is 0 Å². The van der Waals surface area contributed by atoms with Crippen LogP contribution in [-0.4, -0.2) is 65.0 Å². The van der Waals surface area contributed by atoms with Gasteiger partial charge in [0.05, 0.1) is 16.7 Å². The van der Waals surface area contributed by atoms with E-state index in [9.17, 15) is 9.59 Å². The number of nitrogens with one attached hydrogen (secondary N) is 2. The molecule has 0 radical (unpaired) electrons. The quantitative estimate of drug-likeness (QED) is 0.831. The van der Waals surface area contributed by atoms with Crippen molar-refractivity contribution in [2.24, 2.45) is 0 Å². The zero-order valence-electron chi connectivity index (χ0n) is 14.8. The summed E-state index contributed by atoms with van der Waals surface area (Å²) in [6.45, 7) is 11.8. The lowest BCUT2D eigenvalue weighted by molar-refractivity contribution is -0.125. The molecular weight excluding hydrogens is 326 g/mol. The Morgan fingerprint density at radius 3 is 2.46 bits per heavy atom. The molecule has 134 valence electrons. The number of aryl methyl sites for hydroxylation is 1. The fraction of sp³-hybridized carbons (Fsp3) is 0.688. The van der Waals surface area contributed by atoms with Gasteiger partial charge < -0.3 is 5.32 Å². The first kappa shape index (κ1) is 18.8. The summed E-state index contributed by atoms with van der Waals surface area (Å²) >= 11 is 1.67. The smallest absolute Gasteiger partial charge is 0.321 e. The first-order valence-corrected chi connectivity index (χ1v) is 9.22. The normalized spacial score (nSPS) is 17.7. The van der Waals surface area contributed by atoms with E-state index in [0.717, 1.165) is 43.4 Å². The van der Waals surface area contributed by atoms with E-state index in [-0.39, 0.29) is 18.0 Å². The van der Waals surface area contributed by atoms with E-state index in [1.807, 2.05) is 27.7 Å². The largest absolute Gasteiger partial charge is 0.336 e. The van der Waals surface area contributed by atoms with Gasteiger partial charge in [0.1, 0.15) is 0 Å². The third kappa shape index (κ3) is 5.54. The number of carbonyl (C=O) groups is 2. The Morgan fingerprint density at radius 1 is 1.25 bits per heavy atom. The number of aromatic nitrogens is 1. The molecule has 1 aromatic heterocycles. The Balaban J connectivity index is 1.76. The monoisotopic (exact) mass is 353 g/mol. The molecule has 0 bridgehead atoms. The third-order valence-corrected chi connectivity index (χ3v) is 4.87. The lowest BCUT2D eigenvalue weighted by Crippen LogP contribution is -2.55. The van der Waals surface area contributed by atoms with Crippen molar-refractivity contribution in [1.82, 2.24) is 25.4 Å². The number of carbonyl (C=O) groups excluding carboxylic acids is 2. The number of amides is 3. The van der Waals surface area contributed by atoms with Gasteiger partial charge in [0.2, 0.25) is 5.91 Å².